The van der Waals surface area contributed by atoms with E-state index in [0.717, 1.165) is 49.3 Å². The molecule has 1 fully saturated rings. The number of carbonyl (C=O) groups excluding carboxylic acids is 3. The smallest absolute Gasteiger partial charge is 0.287 e. The highest BCUT2D eigenvalue weighted by atomic mass is 16.2. The summed E-state index contributed by atoms with van der Waals surface area (Å²) >= 11 is 0. The second kappa shape index (κ2) is 10.6. The molecule has 1 spiro atoms. The number of hydrogen-bond donors (Lipinski definition) is 2. The number of aromatic nitrogens is 2. The molecule has 3 aromatic rings. The molecular weight excluding hydrogens is 492 g/mol. The van der Waals surface area contributed by atoms with E-state index in [4.69, 9.17) is 4.98 Å². The lowest BCUT2D eigenvalue weighted by Gasteiger charge is -2.53. The van der Waals surface area contributed by atoms with Crippen molar-refractivity contribution in [3.63, 3.8) is 0 Å². The molecule has 2 N–H and O–H groups in total. The molecule has 0 bridgehead atoms. The third-order valence-corrected chi connectivity index (χ3v) is 8.04. The Morgan fingerprint density at radius 1 is 0.923 bits per heavy atom. The fourth-order valence-electron chi connectivity index (χ4n) is 5.84. The largest absolute Gasteiger partial charge is 0.355 e. The molecule has 0 unspecified atom stereocenters. The normalized spacial score (nSPS) is 15.8. The highest BCUT2D eigenvalue weighted by molar-refractivity contribution is 5.94. The van der Waals surface area contributed by atoms with Crippen LogP contribution >= 0.6 is 0 Å². The van der Waals surface area contributed by atoms with Crippen molar-refractivity contribution in [2.45, 2.75) is 51.4 Å². The van der Waals surface area contributed by atoms with E-state index in [1.807, 2.05) is 43.3 Å². The maximum Gasteiger partial charge on any atom is 0.287 e. The van der Waals surface area contributed by atoms with Crippen LogP contribution in [0.3, 0.4) is 0 Å². The summed E-state index contributed by atoms with van der Waals surface area (Å²) < 4.78 is 2.12. The summed E-state index contributed by atoms with van der Waals surface area (Å²) in [6.45, 7) is 4.67. The molecule has 2 aromatic carbocycles. The van der Waals surface area contributed by atoms with E-state index >= 15 is 0 Å². The minimum atomic E-state index is -0.191. The van der Waals surface area contributed by atoms with E-state index in [0.29, 0.717) is 30.0 Å². The number of rotatable bonds is 7. The van der Waals surface area contributed by atoms with Gasteiger partial charge in [-0.3, -0.25) is 19.3 Å². The van der Waals surface area contributed by atoms with Gasteiger partial charge in [-0.1, -0.05) is 24.3 Å². The van der Waals surface area contributed by atoms with Gasteiger partial charge in [-0.05, 0) is 61.6 Å². The number of hydrogen-bond acceptors (Lipinski definition) is 5. The van der Waals surface area contributed by atoms with Gasteiger partial charge in [0.15, 0.2) is 5.82 Å². The van der Waals surface area contributed by atoms with Crippen molar-refractivity contribution in [2.24, 2.45) is 0 Å². The Morgan fingerprint density at radius 3 is 2.15 bits per heavy atom. The van der Waals surface area contributed by atoms with E-state index in [1.54, 1.807) is 38.2 Å². The Kier molecular flexibility index (Phi) is 7.27. The van der Waals surface area contributed by atoms with Gasteiger partial charge in [-0.15, -0.1) is 0 Å². The Labute approximate surface area is 229 Å². The first-order valence-electron chi connectivity index (χ1n) is 13.5. The van der Waals surface area contributed by atoms with Gasteiger partial charge in [0.1, 0.15) is 0 Å². The summed E-state index contributed by atoms with van der Waals surface area (Å²) in [5, 5.41) is 5.62. The standard InChI is InChI=1S/C30H36N6O3/c1-20-25-30(14-5-15-30)35(19-22-8-12-24(13-9-22)29(39)34(3)4)16-17-36(25)26(33-20)28(38)32-18-21-6-10-23(11-7-21)27(37)31-2/h6-13H,5,14-19H2,1-4H3,(H,31,37)(H,32,38). The van der Waals surface area contributed by atoms with Crippen LogP contribution in [-0.2, 0) is 25.2 Å². The fraction of sp³-hybridized carbons (Fsp3) is 0.400. The molecule has 2 aliphatic rings. The molecule has 0 radical (unpaired) electrons. The van der Waals surface area contributed by atoms with Crippen LogP contribution in [0, 0.1) is 6.92 Å². The van der Waals surface area contributed by atoms with Crippen LogP contribution in [0.1, 0.15) is 73.1 Å². The third-order valence-electron chi connectivity index (χ3n) is 8.04. The molecule has 3 amide bonds. The number of nitrogens with one attached hydrogen (secondary N) is 2. The highest BCUT2D eigenvalue weighted by Gasteiger charge is 2.50. The Balaban J connectivity index is 1.31. The average molecular weight is 529 g/mol. The summed E-state index contributed by atoms with van der Waals surface area (Å²) in [5.74, 6) is 0.132. The quantitative estimate of drug-likeness (QED) is 0.491. The number of nitrogens with zero attached hydrogens (tertiary/aromatic N) is 4. The minimum absolute atomic E-state index is 0.00114. The van der Waals surface area contributed by atoms with E-state index < -0.39 is 0 Å². The van der Waals surface area contributed by atoms with Gasteiger partial charge in [0.05, 0.1) is 16.9 Å². The summed E-state index contributed by atoms with van der Waals surface area (Å²) in [5.41, 5.74) is 5.29. The zero-order valence-electron chi connectivity index (χ0n) is 23.1. The average Bonchev–Trinajstić information content (AvgIpc) is 3.27. The van der Waals surface area contributed by atoms with E-state index in [-0.39, 0.29) is 23.3 Å². The number of fused-ring (bicyclic) bond motifs is 2. The van der Waals surface area contributed by atoms with Crippen molar-refractivity contribution < 1.29 is 14.4 Å². The number of amides is 3. The van der Waals surface area contributed by atoms with Crippen LogP contribution in [-0.4, -0.2) is 64.8 Å². The number of benzene rings is 2. The van der Waals surface area contributed by atoms with Gasteiger partial charge in [-0.2, -0.15) is 0 Å². The summed E-state index contributed by atoms with van der Waals surface area (Å²) in [4.78, 5) is 46.2. The maximum absolute atomic E-state index is 13.2. The SMILES string of the molecule is CNC(=O)c1ccc(CNC(=O)c2nc(C)c3n2CCN(Cc2ccc(C(=O)N(C)C)cc2)C32CCC2)cc1. The van der Waals surface area contributed by atoms with Crippen molar-refractivity contribution in [3.8, 4) is 0 Å². The van der Waals surface area contributed by atoms with Crippen molar-refractivity contribution in [1.82, 2.24) is 30.0 Å². The zero-order valence-corrected chi connectivity index (χ0v) is 23.1. The lowest BCUT2D eigenvalue weighted by molar-refractivity contribution is -0.0222. The van der Waals surface area contributed by atoms with Crippen molar-refractivity contribution in [1.29, 1.82) is 0 Å². The van der Waals surface area contributed by atoms with Crippen molar-refractivity contribution >= 4 is 17.7 Å². The summed E-state index contributed by atoms with van der Waals surface area (Å²) in [6.07, 6.45) is 3.22. The first-order chi connectivity index (χ1) is 18.7. The number of imidazole rings is 1. The molecule has 2 heterocycles. The molecule has 1 aliphatic carbocycles. The molecule has 1 aliphatic heterocycles. The van der Waals surface area contributed by atoms with Crippen LogP contribution in [0.4, 0.5) is 0 Å². The monoisotopic (exact) mass is 528 g/mol. The molecule has 204 valence electrons. The maximum atomic E-state index is 13.2. The first kappa shape index (κ1) is 26.6. The zero-order chi connectivity index (χ0) is 27.7. The molecule has 39 heavy (non-hydrogen) atoms. The highest BCUT2D eigenvalue weighted by Crippen LogP contribution is 2.50. The van der Waals surface area contributed by atoms with E-state index in [1.165, 1.54) is 5.56 Å². The molecule has 9 nitrogen and oxygen atoms in total. The van der Waals surface area contributed by atoms with Crippen LogP contribution in [0.15, 0.2) is 48.5 Å². The Hall–Kier alpha value is -3.98. The molecule has 0 saturated heterocycles. The van der Waals surface area contributed by atoms with Crippen LogP contribution < -0.4 is 10.6 Å². The number of aryl methyl sites for hydroxylation is 1. The fourth-order valence-corrected chi connectivity index (χ4v) is 5.84. The van der Waals surface area contributed by atoms with Crippen LogP contribution in [0.5, 0.6) is 0 Å². The molecular formula is C30H36N6O3. The lowest BCUT2D eigenvalue weighted by atomic mass is 9.71. The van der Waals surface area contributed by atoms with E-state index in [2.05, 4.69) is 20.1 Å². The molecule has 5 rings (SSSR count). The molecule has 0 atom stereocenters. The predicted molar refractivity (Wildman–Crippen MR) is 148 cm³/mol. The molecule has 9 heteroatoms. The lowest BCUT2D eigenvalue weighted by Crippen LogP contribution is -2.56. The van der Waals surface area contributed by atoms with Gasteiger partial charge in [0.2, 0.25) is 0 Å². The second-order valence-electron chi connectivity index (χ2n) is 10.7. The topological polar surface area (TPSA) is 99.6 Å². The molecule has 1 saturated carbocycles. The van der Waals surface area contributed by atoms with E-state index in [9.17, 15) is 14.4 Å². The minimum Gasteiger partial charge on any atom is -0.355 e. The Bertz CT molecular complexity index is 1390. The third kappa shape index (κ3) is 4.94. The first-order valence-corrected chi connectivity index (χ1v) is 13.5. The van der Waals surface area contributed by atoms with Crippen LogP contribution in [0.25, 0.3) is 0 Å². The van der Waals surface area contributed by atoms with Crippen molar-refractivity contribution in [3.05, 3.63) is 88.0 Å². The van der Waals surface area contributed by atoms with Gasteiger partial charge in [0, 0.05) is 58.4 Å². The van der Waals surface area contributed by atoms with Gasteiger partial charge < -0.3 is 20.1 Å². The van der Waals surface area contributed by atoms with Gasteiger partial charge in [0.25, 0.3) is 17.7 Å². The van der Waals surface area contributed by atoms with Crippen molar-refractivity contribution in [2.75, 3.05) is 27.7 Å². The van der Waals surface area contributed by atoms with Gasteiger partial charge in [-0.25, -0.2) is 4.98 Å². The Morgan fingerprint density at radius 2 is 1.56 bits per heavy atom. The summed E-state index contributed by atoms with van der Waals surface area (Å²) in [6, 6.07) is 15.1. The van der Waals surface area contributed by atoms with Crippen LogP contribution in [0.2, 0.25) is 0 Å². The second-order valence-corrected chi connectivity index (χ2v) is 10.7. The van der Waals surface area contributed by atoms with Gasteiger partial charge >= 0.3 is 0 Å². The predicted octanol–water partition coefficient (Wildman–Crippen LogP) is 3.08. The summed E-state index contributed by atoms with van der Waals surface area (Å²) in [7, 11) is 5.12. The molecule has 1 aromatic heterocycles. The number of carbonyl (C=O) groups is 3.